The van der Waals surface area contributed by atoms with Crippen LogP contribution in [0.1, 0.15) is 18.4 Å². The Labute approximate surface area is 221 Å². The third kappa shape index (κ3) is 4.61. The molecule has 2 saturated heterocycles. The normalized spacial score (nSPS) is 16.6. The Hall–Kier alpha value is -4.23. The highest BCUT2D eigenvalue weighted by molar-refractivity contribution is 5.87. The second kappa shape index (κ2) is 9.91. The first kappa shape index (κ1) is 24.1. The van der Waals surface area contributed by atoms with Crippen molar-refractivity contribution in [3.05, 3.63) is 54.7 Å². The van der Waals surface area contributed by atoms with Crippen LogP contribution in [0.25, 0.3) is 27.8 Å². The van der Waals surface area contributed by atoms with Crippen LogP contribution < -0.4 is 4.90 Å². The van der Waals surface area contributed by atoms with Gasteiger partial charge in [-0.05, 0) is 37.6 Å². The molecule has 2 aliphatic rings. The molecule has 0 N–H and O–H groups in total. The van der Waals surface area contributed by atoms with E-state index in [0.29, 0.717) is 17.9 Å². The summed E-state index contributed by atoms with van der Waals surface area (Å²) < 4.78 is 3.52. The Kier molecular flexibility index (Phi) is 6.29. The molecule has 6 heterocycles. The Morgan fingerprint density at radius 1 is 1.00 bits per heavy atom. The minimum absolute atomic E-state index is 0.272. The molecule has 0 aliphatic carbocycles. The summed E-state index contributed by atoms with van der Waals surface area (Å²) in [6.07, 6.45) is 10.8. The molecule has 2 aliphatic heterocycles. The number of amides is 1. The van der Waals surface area contributed by atoms with Gasteiger partial charge in [0.05, 0.1) is 23.5 Å². The van der Waals surface area contributed by atoms with Gasteiger partial charge in [0.15, 0.2) is 0 Å². The number of anilines is 1. The van der Waals surface area contributed by atoms with E-state index in [1.54, 1.807) is 15.4 Å². The second-order valence-electron chi connectivity index (χ2n) is 10.4. The number of aryl methyl sites for hydroxylation is 1. The molecule has 4 aromatic heterocycles. The maximum absolute atomic E-state index is 12.7. The van der Waals surface area contributed by atoms with Gasteiger partial charge in [-0.2, -0.15) is 15.5 Å². The fourth-order valence-corrected chi connectivity index (χ4v) is 5.57. The molecule has 4 aromatic rings. The van der Waals surface area contributed by atoms with E-state index in [-0.39, 0.29) is 5.91 Å². The number of aromatic nitrogens is 5. The monoisotopic (exact) mass is 509 g/mol. The van der Waals surface area contributed by atoms with Crippen LogP contribution in [0, 0.1) is 17.2 Å². The molecule has 0 bridgehead atoms. The molecule has 0 aromatic carbocycles. The van der Waals surface area contributed by atoms with Gasteiger partial charge < -0.3 is 14.7 Å². The van der Waals surface area contributed by atoms with Crippen molar-refractivity contribution in [1.29, 1.82) is 5.26 Å². The Morgan fingerprint density at radius 3 is 2.47 bits per heavy atom. The van der Waals surface area contributed by atoms with Crippen molar-refractivity contribution in [2.24, 2.45) is 13.0 Å². The number of fused-ring (bicyclic) bond motifs is 1. The number of piperazine rings is 1. The van der Waals surface area contributed by atoms with Crippen molar-refractivity contribution >= 4 is 17.2 Å². The number of nitrogens with zero attached hydrogens (tertiary/aromatic N) is 9. The van der Waals surface area contributed by atoms with Crippen molar-refractivity contribution in [3.63, 3.8) is 0 Å². The topological polar surface area (TPSA) is 98.6 Å². The van der Waals surface area contributed by atoms with E-state index in [1.807, 2.05) is 48.9 Å². The number of hydrogen-bond donors (Lipinski definition) is 0. The van der Waals surface area contributed by atoms with Crippen LogP contribution in [-0.4, -0.2) is 86.4 Å². The molecular weight excluding hydrogens is 478 g/mol. The summed E-state index contributed by atoms with van der Waals surface area (Å²) in [4.78, 5) is 24.0. The third-order valence-electron chi connectivity index (χ3n) is 7.69. The fourth-order valence-electron chi connectivity index (χ4n) is 5.57. The molecule has 0 spiro atoms. The van der Waals surface area contributed by atoms with Gasteiger partial charge in [-0.3, -0.25) is 9.48 Å². The van der Waals surface area contributed by atoms with Gasteiger partial charge in [-0.25, -0.2) is 9.50 Å². The van der Waals surface area contributed by atoms with Crippen molar-refractivity contribution < 1.29 is 4.79 Å². The van der Waals surface area contributed by atoms with Gasteiger partial charge in [0.1, 0.15) is 11.9 Å². The Balaban J connectivity index is 1.17. The summed E-state index contributed by atoms with van der Waals surface area (Å²) in [6, 6.07) is 8.40. The van der Waals surface area contributed by atoms with Crippen molar-refractivity contribution in [2.75, 3.05) is 51.2 Å². The first-order chi connectivity index (χ1) is 18.5. The summed E-state index contributed by atoms with van der Waals surface area (Å²) in [7, 11) is 4.01. The van der Waals surface area contributed by atoms with Gasteiger partial charge in [-0.15, -0.1) is 0 Å². The number of hydrogen-bond acceptors (Lipinski definition) is 7. The lowest BCUT2D eigenvalue weighted by Gasteiger charge is -2.38. The number of pyridine rings is 2. The van der Waals surface area contributed by atoms with Crippen LogP contribution in [0.3, 0.4) is 0 Å². The highest BCUT2D eigenvalue weighted by Gasteiger charge is 2.26. The lowest BCUT2D eigenvalue weighted by molar-refractivity contribution is -0.132. The van der Waals surface area contributed by atoms with Gasteiger partial charge in [-0.1, -0.05) is 0 Å². The van der Waals surface area contributed by atoms with Crippen LogP contribution in [0.4, 0.5) is 5.82 Å². The predicted molar refractivity (Wildman–Crippen MR) is 144 cm³/mol. The first-order valence-electron chi connectivity index (χ1n) is 13.1. The minimum atomic E-state index is 0.272. The zero-order valence-electron chi connectivity index (χ0n) is 21.8. The van der Waals surface area contributed by atoms with Crippen LogP contribution in [0.2, 0.25) is 0 Å². The van der Waals surface area contributed by atoms with Gasteiger partial charge in [0.25, 0.3) is 0 Å². The van der Waals surface area contributed by atoms with E-state index < -0.39 is 0 Å². The molecule has 2 fully saturated rings. The Morgan fingerprint density at radius 2 is 1.82 bits per heavy atom. The van der Waals surface area contributed by atoms with Crippen molar-refractivity contribution in [2.45, 2.75) is 12.8 Å². The van der Waals surface area contributed by atoms with Crippen molar-refractivity contribution in [1.82, 2.24) is 34.2 Å². The van der Waals surface area contributed by atoms with E-state index in [0.717, 1.165) is 79.3 Å². The van der Waals surface area contributed by atoms with Crippen LogP contribution in [-0.2, 0) is 11.8 Å². The summed E-state index contributed by atoms with van der Waals surface area (Å²) in [6.45, 7) is 5.21. The average Bonchev–Trinajstić information content (AvgIpc) is 3.56. The standard InChI is InChI=1S/C28H31N9O/c1-33-16-20(17-33)3-6-27(38)36-9-7-35(8-10-36)26-5-4-21(13-30-26)25-11-22(24-15-31-34(2)18-24)19-37-28(25)23(12-29)14-32-37/h4-5,11,13-15,18-20H,3,6-10,16-17H2,1-2H3. The quantitative estimate of drug-likeness (QED) is 0.394. The number of carbonyl (C=O) groups is 1. The van der Waals surface area contributed by atoms with Crippen LogP contribution in [0.5, 0.6) is 0 Å². The summed E-state index contributed by atoms with van der Waals surface area (Å²) >= 11 is 0. The van der Waals surface area contributed by atoms with Crippen molar-refractivity contribution in [3.8, 4) is 28.3 Å². The van der Waals surface area contributed by atoms with E-state index in [9.17, 15) is 10.1 Å². The number of nitriles is 1. The summed E-state index contributed by atoms with van der Waals surface area (Å²) in [5.41, 5.74) is 5.02. The largest absolute Gasteiger partial charge is 0.353 e. The summed E-state index contributed by atoms with van der Waals surface area (Å²) in [5.74, 6) is 1.84. The number of rotatable bonds is 6. The molecule has 38 heavy (non-hydrogen) atoms. The maximum atomic E-state index is 12.7. The van der Waals surface area contributed by atoms with Gasteiger partial charge >= 0.3 is 0 Å². The zero-order chi connectivity index (χ0) is 26.2. The molecule has 0 radical (unpaired) electrons. The number of likely N-dealkylation sites (tertiary alicyclic amines) is 1. The lowest BCUT2D eigenvalue weighted by Crippen LogP contribution is -2.49. The zero-order valence-corrected chi connectivity index (χ0v) is 21.8. The maximum Gasteiger partial charge on any atom is 0.222 e. The molecular formula is C28H31N9O. The average molecular weight is 510 g/mol. The molecule has 1 amide bonds. The van der Waals surface area contributed by atoms with Crippen LogP contribution >= 0.6 is 0 Å². The minimum Gasteiger partial charge on any atom is -0.353 e. The number of carbonyl (C=O) groups excluding carboxylic acids is 1. The van der Waals surface area contributed by atoms with E-state index in [2.05, 4.69) is 39.2 Å². The molecule has 6 rings (SSSR count). The first-order valence-corrected chi connectivity index (χ1v) is 13.1. The predicted octanol–water partition coefficient (Wildman–Crippen LogP) is 2.66. The highest BCUT2D eigenvalue weighted by atomic mass is 16.2. The molecule has 0 atom stereocenters. The van der Waals surface area contributed by atoms with E-state index in [1.165, 1.54) is 0 Å². The molecule has 0 unspecified atom stereocenters. The van der Waals surface area contributed by atoms with E-state index in [4.69, 9.17) is 4.98 Å². The Bertz CT molecular complexity index is 1500. The SMILES string of the molecule is CN1CC(CCC(=O)N2CCN(c3ccc(-c4cc(-c5cnn(C)c5)cn5ncc(C#N)c45)cn3)CC2)C1. The summed E-state index contributed by atoms with van der Waals surface area (Å²) in [5, 5.41) is 18.4. The van der Waals surface area contributed by atoms with Gasteiger partial charge in [0, 0.05) is 93.6 Å². The second-order valence-corrected chi connectivity index (χ2v) is 10.4. The smallest absolute Gasteiger partial charge is 0.222 e. The molecule has 10 nitrogen and oxygen atoms in total. The third-order valence-corrected chi connectivity index (χ3v) is 7.69. The van der Waals surface area contributed by atoms with E-state index >= 15 is 0 Å². The molecule has 10 heteroatoms. The molecule has 194 valence electrons. The lowest BCUT2D eigenvalue weighted by atomic mass is 9.95. The molecule has 0 saturated carbocycles. The van der Waals surface area contributed by atoms with Crippen LogP contribution in [0.15, 0.2) is 49.2 Å². The highest BCUT2D eigenvalue weighted by Crippen LogP contribution is 2.32. The fraction of sp³-hybridized carbons (Fsp3) is 0.393. The van der Waals surface area contributed by atoms with Gasteiger partial charge in [0.2, 0.25) is 5.91 Å².